The van der Waals surface area contributed by atoms with Crippen LogP contribution in [0.4, 0.5) is 0 Å². The van der Waals surface area contributed by atoms with Gasteiger partial charge in [0.2, 0.25) is 10.0 Å². The summed E-state index contributed by atoms with van der Waals surface area (Å²) in [7, 11) is -3.44. The lowest BCUT2D eigenvalue weighted by atomic mass is 10.2. The second-order valence-corrected chi connectivity index (χ2v) is 6.73. The molecule has 0 aromatic heterocycles. The van der Waals surface area contributed by atoms with Crippen LogP contribution in [0.3, 0.4) is 0 Å². The van der Waals surface area contributed by atoms with Crippen LogP contribution < -0.4 is 16.0 Å². The van der Waals surface area contributed by atoms with E-state index >= 15 is 0 Å². The number of amides is 1. The lowest BCUT2D eigenvalue weighted by Gasteiger charge is -2.25. The Morgan fingerprint density at radius 1 is 1.19 bits per heavy atom. The van der Waals surface area contributed by atoms with E-state index in [1.54, 1.807) is 0 Å². The Kier molecular flexibility index (Phi) is 5.16. The highest BCUT2D eigenvalue weighted by Gasteiger charge is 2.25. The minimum atomic E-state index is -3.44. The quantitative estimate of drug-likeness (QED) is 0.460. The van der Waals surface area contributed by atoms with Gasteiger partial charge in [0.15, 0.2) is 6.61 Å². The highest BCUT2D eigenvalue weighted by Crippen LogP contribution is 2.22. The van der Waals surface area contributed by atoms with Gasteiger partial charge in [0.05, 0.1) is 4.90 Å². The molecule has 7 nitrogen and oxygen atoms in total. The summed E-state index contributed by atoms with van der Waals surface area (Å²) in [6.07, 6.45) is 2.87. The topological polar surface area (TPSA) is 102 Å². The lowest BCUT2D eigenvalue weighted by molar-refractivity contribution is -0.123. The molecule has 8 heteroatoms. The Morgan fingerprint density at radius 2 is 1.81 bits per heavy atom. The molecule has 1 aromatic carbocycles. The summed E-state index contributed by atoms with van der Waals surface area (Å²) < 4.78 is 31.5. The number of nitrogens with zero attached hydrogens (tertiary/aromatic N) is 1. The van der Waals surface area contributed by atoms with Gasteiger partial charge in [-0.1, -0.05) is 6.42 Å². The molecule has 0 aliphatic carbocycles. The summed E-state index contributed by atoms with van der Waals surface area (Å²) >= 11 is 0. The van der Waals surface area contributed by atoms with Crippen LogP contribution in [0.2, 0.25) is 0 Å². The molecule has 0 spiro atoms. The molecular formula is C13H19N3O4S. The van der Waals surface area contributed by atoms with Crippen LogP contribution in [0.25, 0.3) is 0 Å². The molecule has 0 bridgehead atoms. The summed E-state index contributed by atoms with van der Waals surface area (Å²) in [4.78, 5) is 11.2. The minimum absolute atomic E-state index is 0.214. The van der Waals surface area contributed by atoms with Crippen LogP contribution >= 0.6 is 0 Å². The van der Waals surface area contributed by atoms with Crippen LogP contribution in [0.15, 0.2) is 29.2 Å². The average Bonchev–Trinajstić information content (AvgIpc) is 2.53. The molecule has 0 saturated carbocycles. The van der Waals surface area contributed by atoms with E-state index in [9.17, 15) is 13.2 Å². The molecule has 21 heavy (non-hydrogen) atoms. The molecule has 3 N–H and O–H groups in total. The van der Waals surface area contributed by atoms with Crippen molar-refractivity contribution < 1.29 is 17.9 Å². The Hall–Kier alpha value is -1.64. The van der Waals surface area contributed by atoms with Crippen molar-refractivity contribution in [3.63, 3.8) is 0 Å². The molecule has 1 aliphatic rings. The Morgan fingerprint density at radius 3 is 2.38 bits per heavy atom. The van der Waals surface area contributed by atoms with Gasteiger partial charge in [-0.15, -0.1) is 0 Å². The summed E-state index contributed by atoms with van der Waals surface area (Å²) in [6, 6.07) is 6.03. The van der Waals surface area contributed by atoms with Gasteiger partial charge in [-0.2, -0.15) is 4.31 Å². The predicted octanol–water partition coefficient (Wildman–Crippen LogP) is 0.230. The second-order valence-electron chi connectivity index (χ2n) is 4.79. The normalized spacial score (nSPS) is 16.4. The summed E-state index contributed by atoms with van der Waals surface area (Å²) in [5.74, 6) is 4.89. The molecule has 0 atom stereocenters. The van der Waals surface area contributed by atoms with Gasteiger partial charge >= 0.3 is 0 Å². The van der Waals surface area contributed by atoms with Crippen LogP contribution in [-0.4, -0.2) is 38.3 Å². The molecule has 0 radical (unpaired) electrons. The van der Waals surface area contributed by atoms with Gasteiger partial charge in [-0.05, 0) is 37.1 Å². The molecule has 1 amide bonds. The van der Waals surface area contributed by atoms with E-state index in [2.05, 4.69) is 0 Å². The standard InChI is InChI=1S/C13H19N3O4S/c14-15-13(17)10-20-11-4-6-12(7-5-11)21(18,19)16-8-2-1-3-9-16/h4-7H,1-3,8-10,14H2,(H,15,17). The van der Waals surface area contributed by atoms with Crippen molar-refractivity contribution in [1.29, 1.82) is 0 Å². The molecule has 1 saturated heterocycles. The first kappa shape index (κ1) is 15.7. The summed E-state index contributed by atoms with van der Waals surface area (Å²) in [5, 5.41) is 0. The second kappa shape index (κ2) is 6.88. The van der Waals surface area contributed by atoms with E-state index in [1.165, 1.54) is 28.6 Å². The Labute approximate surface area is 124 Å². The fraction of sp³-hybridized carbons (Fsp3) is 0.462. The van der Waals surface area contributed by atoms with E-state index in [0.717, 1.165) is 19.3 Å². The predicted molar refractivity (Wildman–Crippen MR) is 76.9 cm³/mol. The monoisotopic (exact) mass is 313 g/mol. The van der Waals surface area contributed by atoms with Gasteiger partial charge in [-0.3, -0.25) is 10.2 Å². The van der Waals surface area contributed by atoms with E-state index in [1.807, 2.05) is 5.43 Å². The van der Waals surface area contributed by atoms with Crippen LogP contribution in [0.5, 0.6) is 5.75 Å². The highest BCUT2D eigenvalue weighted by molar-refractivity contribution is 7.89. The average molecular weight is 313 g/mol. The maximum Gasteiger partial charge on any atom is 0.271 e. The molecule has 1 fully saturated rings. The smallest absolute Gasteiger partial charge is 0.271 e. The van der Waals surface area contributed by atoms with Gasteiger partial charge in [-0.25, -0.2) is 14.3 Å². The van der Waals surface area contributed by atoms with Gasteiger partial charge in [0.1, 0.15) is 5.75 Å². The third kappa shape index (κ3) is 3.93. The molecule has 0 unspecified atom stereocenters. The van der Waals surface area contributed by atoms with Crippen molar-refractivity contribution in [2.24, 2.45) is 5.84 Å². The molecular weight excluding hydrogens is 294 g/mol. The number of nitrogens with one attached hydrogen (secondary N) is 1. The first-order chi connectivity index (χ1) is 10.0. The maximum absolute atomic E-state index is 12.4. The number of benzene rings is 1. The first-order valence-corrected chi connectivity index (χ1v) is 8.20. The van der Waals surface area contributed by atoms with Crippen LogP contribution in [-0.2, 0) is 14.8 Å². The van der Waals surface area contributed by atoms with E-state index in [0.29, 0.717) is 18.8 Å². The Balaban J connectivity index is 2.05. The maximum atomic E-state index is 12.4. The van der Waals surface area contributed by atoms with Gasteiger partial charge in [0, 0.05) is 13.1 Å². The largest absolute Gasteiger partial charge is 0.484 e. The number of hydrogen-bond donors (Lipinski definition) is 2. The zero-order chi connectivity index (χ0) is 15.3. The summed E-state index contributed by atoms with van der Waals surface area (Å²) in [6.45, 7) is 0.920. The SMILES string of the molecule is NNC(=O)COc1ccc(S(=O)(=O)N2CCCCC2)cc1. The zero-order valence-electron chi connectivity index (χ0n) is 11.6. The number of sulfonamides is 1. The number of hydrogen-bond acceptors (Lipinski definition) is 5. The van der Waals surface area contributed by atoms with Crippen molar-refractivity contribution in [1.82, 2.24) is 9.73 Å². The van der Waals surface area contributed by atoms with E-state index in [-0.39, 0.29) is 11.5 Å². The van der Waals surface area contributed by atoms with Crippen molar-refractivity contribution >= 4 is 15.9 Å². The molecule has 1 heterocycles. The van der Waals surface area contributed by atoms with Gasteiger partial charge in [0.25, 0.3) is 5.91 Å². The third-order valence-corrected chi connectivity index (χ3v) is 5.22. The first-order valence-electron chi connectivity index (χ1n) is 6.76. The van der Waals surface area contributed by atoms with Crippen molar-refractivity contribution in [2.75, 3.05) is 19.7 Å². The highest BCUT2D eigenvalue weighted by atomic mass is 32.2. The summed E-state index contributed by atoms with van der Waals surface area (Å²) in [5.41, 5.74) is 1.95. The molecule has 2 rings (SSSR count). The molecule has 116 valence electrons. The van der Waals surface area contributed by atoms with Crippen molar-refractivity contribution in [3.8, 4) is 5.75 Å². The number of carbonyl (C=O) groups excluding carboxylic acids is 1. The number of ether oxygens (including phenoxy) is 1. The lowest BCUT2D eigenvalue weighted by Crippen LogP contribution is -2.35. The fourth-order valence-electron chi connectivity index (χ4n) is 2.15. The van der Waals surface area contributed by atoms with E-state index in [4.69, 9.17) is 10.6 Å². The number of carbonyl (C=O) groups is 1. The fourth-order valence-corrected chi connectivity index (χ4v) is 3.67. The zero-order valence-corrected chi connectivity index (χ0v) is 12.4. The van der Waals surface area contributed by atoms with Crippen molar-refractivity contribution in [3.05, 3.63) is 24.3 Å². The third-order valence-electron chi connectivity index (χ3n) is 3.31. The number of rotatable bonds is 5. The molecule has 1 aromatic rings. The number of hydrazine groups is 1. The number of piperidine rings is 1. The van der Waals surface area contributed by atoms with Gasteiger partial charge < -0.3 is 4.74 Å². The van der Waals surface area contributed by atoms with E-state index < -0.39 is 15.9 Å². The molecule has 1 aliphatic heterocycles. The Bertz CT molecular complexity index is 580. The van der Waals surface area contributed by atoms with Crippen molar-refractivity contribution in [2.45, 2.75) is 24.2 Å². The number of nitrogens with two attached hydrogens (primary N) is 1. The van der Waals surface area contributed by atoms with Crippen LogP contribution in [0.1, 0.15) is 19.3 Å². The van der Waals surface area contributed by atoms with Crippen LogP contribution in [0, 0.1) is 0 Å². The minimum Gasteiger partial charge on any atom is -0.484 e.